The van der Waals surface area contributed by atoms with E-state index >= 15 is 0 Å². The van der Waals surface area contributed by atoms with Gasteiger partial charge in [-0.15, -0.1) is 0 Å². The van der Waals surface area contributed by atoms with Gasteiger partial charge in [0.25, 0.3) is 0 Å². The molecule has 1 aromatic carbocycles. The molecule has 0 spiro atoms. The zero-order valence-electron chi connectivity index (χ0n) is 8.03. The number of nitrogens with zero attached hydrogens (tertiary/aromatic N) is 1. The summed E-state index contributed by atoms with van der Waals surface area (Å²) in [6.07, 6.45) is 1.01. The van der Waals surface area contributed by atoms with Crippen LogP contribution in [0.2, 0.25) is 0 Å². The average Bonchev–Trinajstić information content (AvgIpc) is 2.88. The second-order valence-electron chi connectivity index (χ2n) is 3.57. The minimum Gasteiger partial charge on any atom is -0.457 e. The first kappa shape index (κ1) is 8.97. The molecule has 3 nitrogen and oxygen atoms in total. The summed E-state index contributed by atoms with van der Waals surface area (Å²) >= 11 is 1.60. The van der Waals surface area contributed by atoms with E-state index < -0.39 is 0 Å². The zero-order chi connectivity index (χ0) is 10.3. The Bertz CT molecular complexity index is 468. The monoisotopic (exact) mass is 219 g/mol. The van der Waals surface area contributed by atoms with E-state index in [0.717, 1.165) is 29.0 Å². The lowest BCUT2D eigenvalue weighted by atomic mass is 10.0. The van der Waals surface area contributed by atoms with E-state index in [9.17, 15) is 4.79 Å². The van der Waals surface area contributed by atoms with E-state index in [1.165, 1.54) is 0 Å². The number of rotatable bonds is 1. The first-order valence-corrected chi connectivity index (χ1v) is 5.78. The molecule has 2 aliphatic heterocycles. The van der Waals surface area contributed by atoms with E-state index in [-0.39, 0.29) is 5.97 Å². The molecule has 3 rings (SSSR count). The minimum atomic E-state index is -0.209. The van der Waals surface area contributed by atoms with Gasteiger partial charge in [0.1, 0.15) is 6.61 Å². The highest BCUT2D eigenvalue weighted by molar-refractivity contribution is 7.98. The molecule has 0 amide bonds. The number of cyclic esters (lactones) is 1. The van der Waals surface area contributed by atoms with Gasteiger partial charge >= 0.3 is 5.97 Å². The number of carbonyl (C=O) groups is 1. The van der Waals surface area contributed by atoms with E-state index in [1.807, 2.05) is 18.2 Å². The molecule has 0 unspecified atom stereocenters. The molecule has 0 bridgehead atoms. The topological polar surface area (TPSA) is 38.7 Å². The van der Waals surface area contributed by atoms with Crippen molar-refractivity contribution in [2.24, 2.45) is 4.40 Å². The van der Waals surface area contributed by atoms with Crippen molar-refractivity contribution in [2.75, 3.05) is 5.75 Å². The number of hydrogen-bond acceptors (Lipinski definition) is 4. The molecule has 0 N–H and O–H groups in total. The Morgan fingerprint density at radius 1 is 1.40 bits per heavy atom. The average molecular weight is 219 g/mol. The van der Waals surface area contributed by atoms with Crippen molar-refractivity contribution in [2.45, 2.75) is 13.0 Å². The number of ether oxygens (including phenoxy) is 1. The molecular weight excluding hydrogens is 210 g/mol. The number of benzene rings is 1. The predicted molar refractivity (Wildman–Crippen MR) is 59.2 cm³/mol. The SMILES string of the molecule is O=C1OCc2cc(C3=NSCC3)ccc21. The van der Waals surface area contributed by atoms with Gasteiger partial charge in [-0.25, -0.2) is 9.19 Å². The molecule has 0 atom stereocenters. The largest absolute Gasteiger partial charge is 0.457 e. The second kappa shape index (κ2) is 3.38. The van der Waals surface area contributed by atoms with Gasteiger partial charge in [0.05, 0.1) is 11.3 Å². The molecule has 4 heteroatoms. The van der Waals surface area contributed by atoms with Crippen LogP contribution in [0, 0.1) is 0 Å². The summed E-state index contributed by atoms with van der Waals surface area (Å²) in [6.45, 7) is 0.405. The summed E-state index contributed by atoms with van der Waals surface area (Å²) in [7, 11) is 0. The lowest BCUT2D eigenvalue weighted by molar-refractivity contribution is 0.0535. The summed E-state index contributed by atoms with van der Waals surface area (Å²) in [4.78, 5) is 11.2. The van der Waals surface area contributed by atoms with Crippen molar-refractivity contribution in [1.82, 2.24) is 0 Å². The van der Waals surface area contributed by atoms with Crippen molar-refractivity contribution in [1.29, 1.82) is 0 Å². The van der Waals surface area contributed by atoms with Gasteiger partial charge in [-0.1, -0.05) is 6.07 Å². The lowest BCUT2D eigenvalue weighted by Crippen LogP contribution is -1.99. The fraction of sp³-hybridized carbons (Fsp3) is 0.273. The molecule has 2 heterocycles. The summed E-state index contributed by atoms with van der Waals surface area (Å²) in [5.74, 6) is 0.848. The highest BCUT2D eigenvalue weighted by Gasteiger charge is 2.22. The number of hydrogen-bond donors (Lipinski definition) is 0. The maximum atomic E-state index is 11.2. The summed E-state index contributed by atoms with van der Waals surface area (Å²) < 4.78 is 9.31. The minimum absolute atomic E-state index is 0.209. The van der Waals surface area contributed by atoms with Crippen LogP contribution in [0.15, 0.2) is 22.6 Å². The molecule has 0 saturated heterocycles. The Hall–Kier alpha value is -1.29. The molecule has 76 valence electrons. The Morgan fingerprint density at radius 2 is 2.33 bits per heavy atom. The smallest absolute Gasteiger partial charge is 0.338 e. The normalized spacial score (nSPS) is 18.7. The molecule has 0 aliphatic carbocycles. The Kier molecular flexibility index (Phi) is 2.02. The molecule has 2 aliphatic rings. The standard InChI is InChI=1S/C11H9NO2S/c13-11-9-2-1-7(5-8(9)6-14-11)10-3-4-15-12-10/h1-2,5H,3-4,6H2. The molecular formula is C11H9NO2S. The van der Waals surface area contributed by atoms with E-state index in [4.69, 9.17) is 4.74 Å². The quantitative estimate of drug-likeness (QED) is 0.537. The van der Waals surface area contributed by atoms with Crippen LogP contribution in [0.25, 0.3) is 0 Å². The maximum absolute atomic E-state index is 11.2. The van der Waals surface area contributed by atoms with Gasteiger partial charge in [-0.2, -0.15) is 0 Å². The third-order valence-corrected chi connectivity index (χ3v) is 3.36. The number of carbonyl (C=O) groups excluding carboxylic acids is 1. The van der Waals surface area contributed by atoms with Crippen LogP contribution in [0.5, 0.6) is 0 Å². The van der Waals surface area contributed by atoms with Crippen LogP contribution in [-0.4, -0.2) is 17.4 Å². The predicted octanol–water partition coefficient (Wildman–Crippen LogP) is 2.20. The Balaban J connectivity index is 2.02. The van der Waals surface area contributed by atoms with E-state index in [1.54, 1.807) is 11.9 Å². The Labute approximate surface area is 91.7 Å². The van der Waals surface area contributed by atoms with Crippen molar-refractivity contribution in [3.05, 3.63) is 34.9 Å². The van der Waals surface area contributed by atoms with E-state index in [0.29, 0.717) is 12.2 Å². The highest BCUT2D eigenvalue weighted by Crippen LogP contribution is 2.25. The summed E-state index contributed by atoms with van der Waals surface area (Å²) in [5.41, 5.74) is 3.93. The highest BCUT2D eigenvalue weighted by atomic mass is 32.2. The summed E-state index contributed by atoms with van der Waals surface area (Å²) in [6, 6.07) is 5.81. The molecule has 15 heavy (non-hydrogen) atoms. The van der Waals surface area contributed by atoms with Gasteiger partial charge in [-0.3, -0.25) is 0 Å². The number of esters is 1. The van der Waals surface area contributed by atoms with Crippen molar-refractivity contribution in [3.8, 4) is 0 Å². The molecule has 0 saturated carbocycles. The summed E-state index contributed by atoms with van der Waals surface area (Å²) in [5, 5.41) is 0. The maximum Gasteiger partial charge on any atom is 0.338 e. The van der Waals surface area contributed by atoms with Crippen molar-refractivity contribution < 1.29 is 9.53 Å². The number of fused-ring (bicyclic) bond motifs is 1. The first-order chi connectivity index (χ1) is 7.34. The second-order valence-corrected chi connectivity index (χ2v) is 4.42. The third kappa shape index (κ3) is 1.45. The van der Waals surface area contributed by atoms with Crippen LogP contribution >= 0.6 is 11.9 Å². The lowest BCUT2D eigenvalue weighted by Gasteiger charge is -2.01. The molecule has 0 fully saturated rings. The zero-order valence-corrected chi connectivity index (χ0v) is 8.84. The van der Waals surface area contributed by atoms with Crippen LogP contribution in [0.3, 0.4) is 0 Å². The fourth-order valence-electron chi connectivity index (χ4n) is 1.82. The fourth-order valence-corrected chi connectivity index (χ4v) is 2.55. The van der Waals surface area contributed by atoms with Crippen LogP contribution in [0.4, 0.5) is 0 Å². The Morgan fingerprint density at radius 3 is 3.13 bits per heavy atom. The van der Waals surface area contributed by atoms with Crippen LogP contribution in [0.1, 0.15) is 27.9 Å². The van der Waals surface area contributed by atoms with Crippen LogP contribution in [-0.2, 0) is 11.3 Å². The van der Waals surface area contributed by atoms with Crippen LogP contribution < -0.4 is 0 Å². The van der Waals surface area contributed by atoms with Gasteiger partial charge < -0.3 is 4.74 Å². The van der Waals surface area contributed by atoms with Crippen molar-refractivity contribution in [3.63, 3.8) is 0 Å². The van der Waals surface area contributed by atoms with Gasteiger partial charge in [0, 0.05) is 17.7 Å². The molecule has 0 aromatic heterocycles. The van der Waals surface area contributed by atoms with E-state index in [2.05, 4.69) is 4.40 Å². The molecule has 0 radical (unpaired) electrons. The van der Waals surface area contributed by atoms with Gasteiger partial charge in [0.2, 0.25) is 0 Å². The van der Waals surface area contributed by atoms with Gasteiger partial charge in [-0.05, 0) is 29.6 Å². The third-order valence-electron chi connectivity index (χ3n) is 2.62. The first-order valence-electron chi connectivity index (χ1n) is 4.84. The van der Waals surface area contributed by atoms with Gasteiger partial charge in [0.15, 0.2) is 0 Å². The van der Waals surface area contributed by atoms with Crippen molar-refractivity contribution >= 4 is 23.6 Å². The molecule has 1 aromatic rings.